The van der Waals surface area contributed by atoms with Gasteiger partial charge in [0.1, 0.15) is 0 Å². The molecule has 0 aliphatic carbocycles. The van der Waals surface area contributed by atoms with E-state index < -0.39 is 24.0 Å². The van der Waals surface area contributed by atoms with Crippen LogP contribution < -0.4 is 0 Å². The molecule has 112 valence electrons. The molecule has 2 fully saturated rings. The summed E-state index contributed by atoms with van der Waals surface area (Å²) in [7, 11) is 0. The molecule has 0 amide bonds. The Hall–Kier alpha value is -1.95. The molecule has 0 aromatic carbocycles. The first-order valence-electron chi connectivity index (χ1n) is 6.89. The summed E-state index contributed by atoms with van der Waals surface area (Å²) in [5, 5.41) is 10.4. The van der Waals surface area contributed by atoms with Crippen LogP contribution in [-0.2, 0) is 19.0 Å². The van der Waals surface area contributed by atoms with Crippen LogP contribution in [-0.4, -0.2) is 35.7 Å². The van der Waals surface area contributed by atoms with E-state index in [1.807, 2.05) is 0 Å². The first-order chi connectivity index (χ1) is 10.1. The van der Waals surface area contributed by atoms with E-state index in [0.717, 1.165) is 12.8 Å². The normalized spacial score (nSPS) is 32.6. The van der Waals surface area contributed by atoms with E-state index in [0.29, 0.717) is 18.8 Å². The minimum Gasteiger partial charge on any atom is -0.459 e. The van der Waals surface area contributed by atoms with Crippen molar-refractivity contribution >= 4 is 5.97 Å². The Bertz CT molecular complexity index is 549. The van der Waals surface area contributed by atoms with Crippen molar-refractivity contribution in [3.8, 4) is 23.7 Å². The molecule has 0 saturated carbocycles. The summed E-state index contributed by atoms with van der Waals surface area (Å²) in [4.78, 5) is 11.2. The van der Waals surface area contributed by atoms with Crippen molar-refractivity contribution in [1.29, 1.82) is 0 Å². The number of ether oxygens (including phenoxy) is 3. The Morgan fingerprint density at radius 3 is 2.90 bits per heavy atom. The Morgan fingerprint density at radius 2 is 2.29 bits per heavy atom. The number of allylic oxidation sites excluding steroid dienone is 1. The molecular formula is C16H18O5. The molecule has 2 heterocycles. The molecule has 3 unspecified atom stereocenters. The van der Waals surface area contributed by atoms with Gasteiger partial charge in [-0.3, -0.25) is 4.79 Å². The number of aliphatic hydroxyl groups is 1. The third kappa shape index (κ3) is 3.39. The zero-order valence-electron chi connectivity index (χ0n) is 12.1. The van der Waals surface area contributed by atoms with Gasteiger partial charge in [0, 0.05) is 19.4 Å². The fourth-order valence-electron chi connectivity index (χ4n) is 2.43. The second kappa shape index (κ2) is 6.67. The molecule has 2 saturated heterocycles. The van der Waals surface area contributed by atoms with Gasteiger partial charge in [-0.05, 0) is 31.6 Å². The molecule has 0 aromatic heterocycles. The molecule has 1 spiro atoms. The smallest absolute Gasteiger partial charge is 0.303 e. The maximum Gasteiger partial charge on any atom is 0.303 e. The van der Waals surface area contributed by atoms with Crippen LogP contribution in [0.15, 0.2) is 11.8 Å². The summed E-state index contributed by atoms with van der Waals surface area (Å²) >= 11 is 0. The summed E-state index contributed by atoms with van der Waals surface area (Å²) < 4.78 is 16.5. The average Bonchev–Trinajstić information content (AvgIpc) is 2.70. The highest BCUT2D eigenvalue weighted by molar-refractivity contribution is 5.66. The van der Waals surface area contributed by atoms with E-state index in [1.165, 1.54) is 13.0 Å². The fourth-order valence-corrected chi connectivity index (χ4v) is 2.43. The second-order valence-corrected chi connectivity index (χ2v) is 4.89. The zero-order chi connectivity index (χ0) is 15.3. The lowest BCUT2D eigenvalue weighted by atomic mass is 9.98. The molecule has 2 aliphatic heterocycles. The van der Waals surface area contributed by atoms with E-state index in [1.54, 1.807) is 6.92 Å². The number of aliphatic hydroxyl groups excluding tert-OH is 1. The average molecular weight is 290 g/mol. The third-order valence-corrected chi connectivity index (χ3v) is 3.34. The minimum atomic E-state index is -1.14. The molecule has 0 radical (unpaired) electrons. The number of carbonyl (C=O) groups excluding carboxylic acids is 1. The van der Waals surface area contributed by atoms with Crippen LogP contribution in [0.4, 0.5) is 0 Å². The number of hydrogen-bond donors (Lipinski definition) is 1. The SMILES string of the molecule is CC#CC#C/C=C1\OC2(CCCCO2)C(O)C1OC(C)=O. The summed E-state index contributed by atoms with van der Waals surface area (Å²) in [6.07, 6.45) is 1.85. The number of hydrogen-bond acceptors (Lipinski definition) is 5. The van der Waals surface area contributed by atoms with Crippen molar-refractivity contribution in [2.24, 2.45) is 0 Å². The highest BCUT2D eigenvalue weighted by Gasteiger charge is 2.56. The number of esters is 1. The first-order valence-corrected chi connectivity index (χ1v) is 6.89. The Labute approximate surface area is 124 Å². The van der Waals surface area contributed by atoms with Gasteiger partial charge in [-0.2, -0.15) is 0 Å². The third-order valence-electron chi connectivity index (χ3n) is 3.34. The van der Waals surface area contributed by atoms with Gasteiger partial charge in [-0.1, -0.05) is 11.8 Å². The van der Waals surface area contributed by atoms with Gasteiger partial charge >= 0.3 is 5.97 Å². The second-order valence-electron chi connectivity index (χ2n) is 4.89. The van der Waals surface area contributed by atoms with Crippen molar-refractivity contribution in [3.05, 3.63) is 11.8 Å². The lowest BCUT2D eigenvalue weighted by Gasteiger charge is -2.34. The lowest BCUT2D eigenvalue weighted by molar-refractivity contribution is -0.257. The van der Waals surface area contributed by atoms with Crippen LogP contribution in [0.5, 0.6) is 0 Å². The van der Waals surface area contributed by atoms with Gasteiger partial charge < -0.3 is 19.3 Å². The quantitative estimate of drug-likeness (QED) is 0.579. The summed E-state index contributed by atoms with van der Waals surface area (Å²) in [6, 6.07) is 0. The summed E-state index contributed by atoms with van der Waals surface area (Å²) in [6.45, 7) is 3.47. The van der Waals surface area contributed by atoms with Gasteiger partial charge in [0.05, 0.1) is 6.61 Å². The van der Waals surface area contributed by atoms with Gasteiger partial charge in [0.2, 0.25) is 5.79 Å². The van der Waals surface area contributed by atoms with Gasteiger partial charge in [-0.25, -0.2) is 0 Å². The summed E-state index contributed by atoms with van der Waals surface area (Å²) in [5.74, 6) is 9.23. The molecule has 2 aliphatic rings. The minimum absolute atomic E-state index is 0.296. The molecule has 3 atom stereocenters. The predicted octanol–water partition coefficient (Wildman–Crippen LogP) is 1.12. The van der Waals surface area contributed by atoms with Crippen LogP contribution in [0.3, 0.4) is 0 Å². The van der Waals surface area contributed by atoms with Crippen LogP contribution in [0.2, 0.25) is 0 Å². The fraction of sp³-hybridized carbons (Fsp3) is 0.562. The van der Waals surface area contributed by atoms with E-state index in [-0.39, 0.29) is 0 Å². The maximum atomic E-state index is 11.2. The number of carbonyl (C=O) groups is 1. The number of rotatable bonds is 1. The van der Waals surface area contributed by atoms with Crippen molar-refractivity contribution in [2.75, 3.05) is 6.61 Å². The van der Waals surface area contributed by atoms with E-state index in [2.05, 4.69) is 23.7 Å². The topological polar surface area (TPSA) is 65.0 Å². The van der Waals surface area contributed by atoms with E-state index in [9.17, 15) is 9.90 Å². The van der Waals surface area contributed by atoms with Crippen molar-refractivity contribution in [3.63, 3.8) is 0 Å². The van der Waals surface area contributed by atoms with Crippen molar-refractivity contribution < 1.29 is 24.1 Å². The van der Waals surface area contributed by atoms with E-state index >= 15 is 0 Å². The van der Waals surface area contributed by atoms with Gasteiger partial charge in [0.15, 0.2) is 18.0 Å². The Morgan fingerprint density at radius 1 is 1.48 bits per heavy atom. The predicted molar refractivity (Wildman–Crippen MR) is 74.5 cm³/mol. The van der Waals surface area contributed by atoms with Gasteiger partial charge in [-0.15, -0.1) is 0 Å². The maximum absolute atomic E-state index is 11.2. The van der Waals surface area contributed by atoms with Crippen LogP contribution in [0.1, 0.15) is 33.1 Å². The van der Waals surface area contributed by atoms with Gasteiger partial charge in [0.25, 0.3) is 0 Å². The molecular weight excluding hydrogens is 272 g/mol. The van der Waals surface area contributed by atoms with Crippen LogP contribution in [0.25, 0.3) is 0 Å². The Kier molecular flexibility index (Phi) is 4.90. The highest BCUT2D eigenvalue weighted by atomic mass is 16.7. The van der Waals surface area contributed by atoms with Crippen LogP contribution in [0, 0.1) is 23.7 Å². The molecule has 5 heteroatoms. The monoisotopic (exact) mass is 290 g/mol. The molecule has 21 heavy (non-hydrogen) atoms. The molecule has 1 N–H and O–H groups in total. The molecule has 2 rings (SSSR count). The molecule has 0 aromatic rings. The Balaban J connectivity index is 2.26. The molecule has 0 bridgehead atoms. The summed E-state index contributed by atoms with van der Waals surface area (Å²) in [5.41, 5.74) is 0. The first kappa shape index (κ1) is 15.4. The zero-order valence-corrected chi connectivity index (χ0v) is 12.1. The molecule has 5 nitrogen and oxygen atoms in total. The largest absolute Gasteiger partial charge is 0.459 e. The standard InChI is InChI=1S/C16H18O5/c1-3-4-5-6-9-13-14(20-12(2)17)15(18)16(21-13)10-7-8-11-19-16/h9,14-15,18H,7-8,10-11H2,1-2H3/b13-9-. The van der Waals surface area contributed by atoms with E-state index in [4.69, 9.17) is 14.2 Å². The lowest BCUT2D eigenvalue weighted by Crippen LogP contribution is -2.48. The van der Waals surface area contributed by atoms with Crippen molar-refractivity contribution in [2.45, 2.75) is 51.1 Å². The highest BCUT2D eigenvalue weighted by Crippen LogP contribution is 2.42. The van der Waals surface area contributed by atoms with Crippen LogP contribution >= 0.6 is 0 Å². The van der Waals surface area contributed by atoms with Crippen molar-refractivity contribution in [1.82, 2.24) is 0 Å².